The van der Waals surface area contributed by atoms with Crippen LogP contribution in [0.25, 0.3) is 0 Å². The molecule has 1 aromatic rings. The highest BCUT2D eigenvalue weighted by molar-refractivity contribution is 6.07. The average molecular weight is 262 g/mol. The Morgan fingerprint density at radius 2 is 2.21 bits per heavy atom. The third-order valence-electron chi connectivity index (χ3n) is 3.70. The van der Waals surface area contributed by atoms with Crippen molar-refractivity contribution in [1.82, 2.24) is 5.43 Å². The summed E-state index contributed by atoms with van der Waals surface area (Å²) in [6.45, 7) is 1.88. The van der Waals surface area contributed by atoms with Crippen LogP contribution >= 0.6 is 0 Å². The Kier molecular flexibility index (Phi) is 2.77. The van der Waals surface area contributed by atoms with Crippen LogP contribution in [0, 0.1) is 11.7 Å². The Hall–Kier alpha value is -1.91. The monoisotopic (exact) mass is 262 g/mol. The van der Waals surface area contributed by atoms with Crippen molar-refractivity contribution in [3.8, 4) is 5.75 Å². The Balaban J connectivity index is 1.92. The van der Waals surface area contributed by atoms with Gasteiger partial charge in [0.25, 0.3) is 0 Å². The molecule has 0 heterocycles. The summed E-state index contributed by atoms with van der Waals surface area (Å²) in [5, 5.41) is 13.9. The number of hydrogen-bond donors (Lipinski definition) is 2. The Labute approximate surface area is 110 Å². The molecule has 0 radical (unpaired) electrons. The summed E-state index contributed by atoms with van der Waals surface area (Å²) >= 11 is 0. The van der Waals surface area contributed by atoms with Crippen LogP contribution in [-0.2, 0) is 4.79 Å². The molecular weight excluding hydrogens is 247 g/mol. The van der Waals surface area contributed by atoms with Crippen molar-refractivity contribution in [2.45, 2.75) is 32.1 Å². The van der Waals surface area contributed by atoms with Crippen LogP contribution in [0.3, 0.4) is 0 Å². The van der Waals surface area contributed by atoms with Gasteiger partial charge in [-0.25, -0.2) is 9.82 Å². The summed E-state index contributed by atoms with van der Waals surface area (Å²) in [6.07, 6.45) is 2.34. The fraction of sp³-hybridized carbons (Fsp3) is 0.429. The van der Waals surface area contributed by atoms with E-state index in [-0.39, 0.29) is 29.3 Å². The van der Waals surface area contributed by atoms with Gasteiger partial charge in [-0.2, -0.15) is 5.10 Å². The molecule has 1 atom stereocenters. The van der Waals surface area contributed by atoms with E-state index < -0.39 is 0 Å². The van der Waals surface area contributed by atoms with Crippen molar-refractivity contribution in [3.05, 3.63) is 29.1 Å². The van der Waals surface area contributed by atoms with Crippen molar-refractivity contribution in [1.29, 1.82) is 0 Å². The first kappa shape index (κ1) is 12.1. The van der Waals surface area contributed by atoms with E-state index in [1.165, 1.54) is 12.1 Å². The number of amides is 1. The second-order valence-corrected chi connectivity index (χ2v) is 5.27. The molecule has 0 aliphatic heterocycles. The van der Waals surface area contributed by atoms with E-state index in [1.54, 1.807) is 0 Å². The lowest BCUT2D eigenvalue weighted by Gasteiger charge is -2.06. The quantitative estimate of drug-likeness (QED) is 0.803. The average Bonchev–Trinajstić information content (AvgIpc) is 3.16. The number of hydrazone groups is 1. The van der Waals surface area contributed by atoms with E-state index >= 15 is 0 Å². The zero-order valence-corrected chi connectivity index (χ0v) is 10.6. The minimum absolute atomic E-state index is 0.0140. The number of halogens is 1. The third kappa shape index (κ3) is 2.09. The number of benzene rings is 1. The number of carbonyl (C=O) groups excluding carboxylic acids is 1. The molecule has 0 unspecified atom stereocenters. The molecule has 0 aromatic heterocycles. The molecule has 100 valence electrons. The Morgan fingerprint density at radius 1 is 1.47 bits per heavy atom. The number of nitrogens with zero attached hydrogens (tertiary/aromatic N) is 1. The van der Waals surface area contributed by atoms with Gasteiger partial charge in [0.1, 0.15) is 11.6 Å². The highest BCUT2D eigenvalue weighted by Crippen LogP contribution is 2.39. The van der Waals surface area contributed by atoms with E-state index in [4.69, 9.17) is 0 Å². The SMILES string of the molecule is C[C@@H]1C/C(=N\NC(=O)C2CC2)c2c(O)ccc(F)c21. The van der Waals surface area contributed by atoms with Crippen LogP contribution in [0.4, 0.5) is 4.39 Å². The first-order chi connectivity index (χ1) is 9.08. The van der Waals surface area contributed by atoms with E-state index in [1.807, 2.05) is 6.92 Å². The predicted octanol–water partition coefficient (Wildman–Crippen LogP) is 2.27. The summed E-state index contributed by atoms with van der Waals surface area (Å²) in [5.41, 5.74) is 3.98. The molecule has 2 aliphatic rings. The van der Waals surface area contributed by atoms with Crippen LogP contribution in [0.15, 0.2) is 17.2 Å². The second kappa shape index (κ2) is 4.33. The molecule has 19 heavy (non-hydrogen) atoms. The zero-order chi connectivity index (χ0) is 13.6. The number of phenolic OH excluding ortho intramolecular Hbond substituents is 1. The molecule has 0 saturated heterocycles. The molecule has 5 heteroatoms. The molecule has 4 nitrogen and oxygen atoms in total. The lowest BCUT2D eigenvalue weighted by molar-refractivity contribution is -0.122. The van der Waals surface area contributed by atoms with Gasteiger partial charge >= 0.3 is 0 Å². The molecular formula is C14H15FN2O2. The Morgan fingerprint density at radius 3 is 2.89 bits per heavy atom. The molecule has 2 aliphatic carbocycles. The highest BCUT2D eigenvalue weighted by atomic mass is 19.1. The normalized spacial score (nSPS) is 23.5. The van der Waals surface area contributed by atoms with Crippen molar-refractivity contribution in [3.63, 3.8) is 0 Å². The lowest BCUT2D eigenvalue weighted by Crippen LogP contribution is -2.20. The van der Waals surface area contributed by atoms with Gasteiger partial charge in [0.2, 0.25) is 5.91 Å². The number of hydrogen-bond acceptors (Lipinski definition) is 3. The van der Waals surface area contributed by atoms with Crippen LogP contribution in [0.5, 0.6) is 5.75 Å². The van der Waals surface area contributed by atoms with Gasteiger partial charge in [0, 0.05) is 17.0 Å². The van der Waals surface area contributed by atoms with Crippen molar-refractivity contribution < 1.29 is 14.3 Å². The summed E-state index contributed by atoms with van der Waals surface area (Å²) in [4.78, 5) is 11.6. The van der Waals surface area contributed by atoms with Crippen LogP contribution in [0.1, 0.15) is 43.2 Å². The van der Waals surface area contributed by atoms with Crippen molar-refractivity contribution >= 4 is 11.6 Å². The van der Waals surface area contributed by atoms with E-state index in [9.17, 15) is 14.3 Å². The van der Waals surface area contributed by atoms with Gasteiger partial charge in [0.05, 0.1) is 5.71 Å². The van der Waals surface area contributed by atoms with Gasteiger partial charge < -0.3 is 5.11 Å². The predicted molar refractivity (Wildman–Crippen MR) is 68.5 cm³/mol. The molecule has 3 rings (SSSR count). The Bertz CT molecular complexity index is 579. The second-order valence-electron chi connectivity index (χ2n) is 5.27. The largest absolute Gasteiger partial charge is 0.507 e. The van der Waals surface area contributed by atoms with Crippen LogP contribution in [0.2, 0.25) is 0 Å². The lowest BCUT2D eigenvalue weighted by atomic mass is 10.0. The minimum atomic E-state index is -0.334. The standard InChI is InChI=1S/C14H15FN2O2/c1-7-6-10(16-17-14(19)8-2-3-8)13-11(18)5-4-9(15)12(7)13/h4-5,7-8,18H,2-3,6H2,1H3,(H,17,19)/b16-10+/t7-/m1/s1. The fourth-order valence-electron chi connectivity index (χ4n) is 2.52. The molecule has 1 fully saturated rings. The van der Waals surface area contributed by atoms with E-state index in [0.717, 1.165) is 12.8 Å². The fourth-order valence-corrected chi connectivity index (χ4v) is 2.52. The smallest absolute Gasteiger partial charge is 0.243 e. The number of rotatable bonds is 2. The summed E-state index contributed by atoms with van der Waals surface area (Å²) in [7, 11) is 0. The maximum atomic E-state index is 13.8. The molecule has 2 N–H and O–H groups in total. The topological polar surface area (TPSA) is 61.7 Å². The van der Waals surface area contributed by atoms with Crippen molar-refractivity contribution in [2.24, 2.45) is 11.0 Å². The van der Waals surface area contributed by atoms with Crippen LogP contribution in [-0.4, -0.2) is 16.7 Å². The van der Waals surface area contributed by atoms with Crippen LogP contribution < -0.4 is 5.43 Å². The molecule has 1 saturated carbocycles. The summed E-state index contributed by atoms with van der Waals surface area (Å²) < 4.78 is 13.8. The number of fused-ring (bicyclic) bond motifs is 1. The molecule has 0 spiro atoms. The summed E-state index contributed by atoms with van der Waals surface area (Å²) in [6, 6.07) is 2.58. The first-order valence-electron chi connectivity index (χ1n) is 6.46. The van der Waals surface area contributed by atoms with Gasteiger partial charge in [-0.15, -0.1) is 0 Å². The highest BCUT2D eigenvalue weighted by Gasteiger charge is 2.32. The third-order valence-corrected chi connectivity index (χ3v) is 3.70. The maximum absolute atomic E-state index is 13.8. The van der Waals surface area contributed by atoms with Gasteiger partial charge in [-0.05, 0) is 37.3 Å². The maximum Gasteiger partial charge on any atom is 0.243 e. The van der Waals surface area contributed by atoms with E-state index in [2.05, 4.69) is 10.5 Å². The number of phenols is 1. The number of carbonyl (C=O) groups is 1. The van der Waals surface area contributed by atoms with Gasteiger partial charge in [0.15, 0.2) is 0 Å². The number of nitrogens with one attached hydrogen (secondary N) is 1. The van der Waals surface area contributed by atoms with Gasteiger partial charge in [-0.1, -0.05) is 6.92 Å². The zero-order valence-electron chi connectivity index (χ0n) is 10.6. The number of aromatic hydroxyl groups is 1. The molecule has 1 aromatic carbocycles. The van der Waals surface area contributed by atoms with Crippen molar-refractivity contribution in [2.75, 3.05) is 0 Å². The first-order valence-corrected chi connectivity index (χ1v) is 6.46. The molecule has 1 amide bonds. The molecule has 0 bridgehead atoms. The summed E-state index contributed by atoms with van der Waals surface area (Å²) in [5.74, 6) is -0.383. The van der Waals surface area contributed by atoms with E-state index in [0.29, 0.717) is 23.3 Å². The minimum Gasteiger partial charge on any atom is -0.507 e. The van der Waals surface area contributed by atoms with Gasteiger partial charge in [-0.3, -0.25) is 4.79 Å².